The van der Waals surface area contributed by atoms with Crippen molar-refractivity contribution in [3.8, 4) is 5.75 Å². The fourth-order valence-corrected chi connectivity index (χ4v) is 0.796. The third kappa shape index (κ3) is 2.74. The fourth-order valence-electron chi connectivity index (χ4n) is 0.796. The van der Waals surface area contributed by atoms with Gasteiger partial charge in [0, 0.05) is 12.3 Å². The molecule has 2 nitrogen and oxygen atoms in total. The zero-order valence-corrected chi connectivity index (χ0v) is 7.36. The van der Waals surface area contributed by atoms with E-state index in [0.717, 1.165) is 5.56 Å². The maximum absolute atomic E-state index is 8.99. The van der Waals surface area contributed by atoms with Crippen molar-refractivity contribution in [3.05, 3.63) is 29.8 Å². The molecular weight excluding hydrogens is 150 g/mol. The van der Waals surface area contributed by atoms with Crippen LogP contribution in [0.4, 0.5) is 0 Å². The Morgan fingerprint density at radius 1 is 1.25 bits per heavy atom. The van der Waals surface area contributed by atoms with Gasteiger partial charge in [0.25, 0.3) is 0 Å². The van der Waals surface area contributed by atoms with E-state index in [1.165, 1.54) is 0 Å². The quantitative estimate of drug-likeness (QED) is 0.666. The predicted octanol–water partition coefficient (Wildman–Crippen LogP) is 2.22. The average molecular weight is 163 g/mol. The number of aromatic hydroxyl groups is 1. The first-order chi connectivity index (χ1) is 5.68. The smallest absolute Gasteiger partial charge is 0.115 e. The highest BCUT2D eigenvalue weighted by Gasteiger charge is 1.89. The molecule has 0 bridgehead atoms. The molecule has 0 fully saturated rings. The molecule has 0 amide bonds. The van der Waals surface area contributed by atoms with Crippen molar-refractivity contribution in [2.75, 3.05) is 0 Å². The summed E-state index contributed by atoms with van der Waals surface area (Å²) in [6.45, 7) is 4.05. The molecule has 0 heterocycles. The van der Waals surface area contributed by atoms with Gasteiger partial charge in [-0.3, -0.25) is 4.99 Å². The molecule has 0 aliphatic heterocycles. The Labute approximate surface area is 72.6 Å². The molecule has 12 heavy (non-hydrogen) atoms. The largest absolute Gasteiger partial charge is 0.508 e. The zero-order valence-electron chi connectivity index (χ0n) is 7.36. The molecule has 0 spiro atoms. The molecule has 0 aliphatic carbocycles. The lowest BCUT2D eigenvalue weighted by Gasteiger charge is -1.95. The minimum Gasteiger partial charge on any atom is -0.508 e. The second-order valence-corrected chi connectivity index (χ2v) is 2.96. The van der Waals surface area contributed by atoms with E-state index in [0.29, 0.717) is 6.04 Å². The minimum absolute atomic E-state index is 0.289. The second kappa shape index (κ2) is 3.90. The number of hydrogen-bond acceptors (Lipinski definition) is 2. The van der Waals surface area contributed by atoms with Crippen molar-refractivity contribution in [2.24, 2.45) is 4.99 Å². The van der Waals surface area contributed by atoms with Gasteiger partial charge in [0.2, 0.25) is 0 Å². The maximum atomic E-state index is 8.99. The molecule has 0 radical (unpaired) electrons. The van der Waals surface area contributed by atoms with Gasteiger partial charge in [0.05, 0.1) is 0 Å². The lowest BCUT2D eigenvalue weighted by molar-refractivity contribution is 0.475. The van der Waals surface area contributed by atoms with Crippen molar-refractivity contribution in [1.29, 1.82) is 0 Å². The van der Waals surface area contributed by atoms with E-state index in [4.69, 9.17) is 5.11 Å². The first kappa shape index (κ1) is 8.78. The maximum Gasteiger partial charge on any atom is 0.115 e. The number of benzene rings is 1. The topological polar surface area (TPSA) is 32.6 Å². The number of nitrogens with zero attached hydrogens (tertiary/aromatic N) is 1. The Balaban J connectivity index is 2.71. The van der Waals surface area contributed by atoms with E-state index in [1.54, 1.807) is 12.1 Å². The van der Waals surface area contributed by atoms with E-state index >= 15 is 0 Å². The van der Waals surface area contributed by atoms with Gasteiger partial charge in [-0.25, -0.2) is 0 Å². The number of phenolic OH excluding ortho intramolecular Hbond substituents is 1. The summed E-state index contributed by atoms with van der Waals surface area (Å²) in [5, 5.41) is 8.99. The lowest BCUT2D eigenvalue weighted by Crippen LogP contribution is -1.89. The fraction of sp³-hybridized carbons (Fsp3) is 0.300. The van der Waals surface area contributed by atoms with Crippen LogP contribution in [0.25, 0.3) is 0 Å². The molecule has 1 rings (SSSR count). The van der Waals surface area contributed by atoms with E-state index in [2.05, 4.69) is 4.99 Å². The van der Waals surface area contributed by atoms with Gasteiger partial charge in [-0.2, -0.15) is 0 Å². The van der Waals surface area contributed by atoms with Crippen LogP contribution in [0.3, 0.4) is 0 Å². The molecule has 1 N–H and O–H groups in total. The lowest BCUT2D eigenvalue weighted by atomic mass is 10.2. The van der Waals surface area contributed by atoms with Crippen molar-refractivity contribution in [1.82, 2.24) is 0 Å². The summed E-state index contributed by atoms with van der Waals surface area (Å²) in [7, 11) is 0. The van der Waals surface area contributed by atoms with Crippen molar-refractivity contribution in [3.63, 3.8) is 0 Å². The molecule has 0 aliphatic rings. The Bertz CT molecular complexity index is 262. The highest BCUT2D eigenvalue weighted by atomic mass is 16.3. The number of phenols is 1. The van der Waals surface area contributed by atoms with Crippen LogP contribution in [-0.4, -0.2) is 17.4 Å². The zero-order chi connectivity index (χ0) is 8.97. The van der Waals surface area contributed by atoms with Gasteiger partial charge in [0.1, 0.15) is 5.75 Å². The molecule has 0 aromatic heterocycles. The summed E-state index contributed by atoms with van der Waals surface area (Å²) in [6.07, 6.45) is 1.81. The molecule has 0 atom stereocenters. The Morgan fingerprint density at radius 2 is 1.83 bits per heavy atom. The molecule has 2 heteroatoms. The predicted molar refractivity (Wildman–Crippen MR) is 50.8 cm³/mol. The molecule has 1 aromatic carbocycles. The van der Waals surface area contributed by atoms with Gasteiger partial charge < -0.3 is 5.11 Å². The highest BCUT2D eigenvalue weighted by molar-refractivity contribution is 5.79. The molecule has 64 valence electrons. The number of hydrogen-bond donors (Lipinski definition) is 1. The van der Waals surface area contributed by atoms with E-state index in [-0.39, 0.29) is 5.75 Å². The third-order valence-corrected chi connectivity index (χ3v) is 1.41. The molecule has 0 saturated carbocycles. The van der Waals surface area contributed by atoms with Crippen LogP contribution in [0.1, 0.15) is 19.4 Å². The molecule has 1 aromatic rings. The van der Waals surface area contributed by atoms with Crippen LogP contribution < -0.4 is 0 Å². The van der Waals surface area contributed by atoms with Crippen LogP contribution in [0.2, 0.25) is 0 Å². The van der Waals surface area contributed by atoms with Crippen LogP contribution in [0.5, 0.6) is 5.75 Å². The van der Waals surface area contributed by atoms with Gasteiger partial charge >= 0.3 is 0 Å². The summed E-state index contributed by atoms with van der Waals surface area (Å²) in [5.74, 6) is 0.289. The Hall–Kier alpha value is -1.31. The average Bonchev–Trinajstić information content (AvgIpc) is 2.03. The molecule has 0 saturated heterocycles. The standard InChI is InChI=1S/C10H13NO/c1-8(2)11-7-9-3-5-10(12)6-4-9/h3-8,12H,1-2H3. The van der Waals surface area contributed by atoms with Crippen LogP contribution >= 0.6 is 0 Å². The first-order valence-electron chi connectivity index (χ1n) is 4.00. The van der Waals surface area contributed by atoms with Crippen molar-refractivity contribution >= 4 is 6.21 Å². The van der Waals surface area contributed by atoms with Crippen molar-refractivity contribution < 1.29 is 5.11 Å². The van der Waals surface area contributed by atoms with Gasteiger partial charge in [-0.1, -0.05) is 0 Å². The Morgan fingerprint density at radius 3 is 2.33 bits per heavy atom. The molecule has 0 unspecified atom stereocenters. The van der Waals surface area contributed by atoms with Crippen molar-refractivity contribution in [2.45, 2.75) is 19.9 Å². The summed E-state index contributed by atoms with van der Waals surface area (Å²) < 4.78 is 0. The van der Waals surface area contributed by atoms with Gasteiger partial charge in [0.15, 0.2) is 0 Å². The highest BCUT2D eigenvalue weighted by Crippen LogP contribution is 2.07. The summed E-state index contributed by atoms with van der Waals surface area (Å²) >= 11 is 0. The minimum atomic E-state index is 0.289. The molecular formula is C10H13NO. The summed E-state index contributed by atoms with van der Waals surface area (Å²) in [6, 6.07) is 7.30. The van der Waals surface area contributed by atoms with E-state index < -0.39 is 0 Å². The Kier molecular flexibility index (Phi) is 2.86. The summed E-state index contributed by atoms with van der Waals surface area (Å²) in [4.78, 5) is 4.22. The summed E-state index contributed by atoms with van der Waals surface area (Å²) in [5.41, 5.74) is 1.02. The SMILES string of the molecule is CC(C)N=Cc1ccc(O)cc1. The normalized spacial score (nSPS) is 11.2. The monoisotopic (exact) mass is 163 g/mol. The number of aliphatic imine (C=N–C) groups is 1. The first-order valence-corrected chi connectivity index (χ1v) is 4.00. The van der Waals surface area contributed by atoms with Crippen LogP contribution in [0, 0.1) is 0 Å². The van der Waals surface area contributed by atoms with E-state index in [1.807, 2.05) is 32.2 Å². The van der Waals surface area contributed by atoms with E-state index in [9.17, 15) is 0 Å². The number of rotatable bonds is 2. The third-order valence-electron chi connectivity index (χ3n) is 1.41. The van der Waals surface area contributed by atoms with Gasteiger partial charge in [-0.05, 0) is 43.7 Å². The van der Waals surface area contributed by atoms with Crippen LogP contribution in [0.15, 0.2) is 29.3 Å². The second-order valence-electron chi connectivity index (χ2n) is 2.96. The van der Waals surface area contributed by atoms with Gasteiger partial charge in [-0.15, -0.1) is 0 Å². The van der Waals surface area contributed by atoms with Crippen LogP contribution in [-0.2, 0) is 0 Å².